The highest BCUT2D eigenvalue weighted by Gasteiger charge is 2.27. The van der Waals surface area contributed by atoms with Gasteiger partial charge in [0.1, 0.15) is 5.69 Å². The molecule has 0 aliphatic heterocycles. The second-order valence-corrected chi connectivity index (χ2v) is 4.42. The highest BCUT2D eigenvalue weighted by Crippen LogP contribution is 2.25. The van der Waals surface area contributed by atoms with Crippen molar-refractivity contribution in [1.29, 1.82) is 0 Å². The molecule has 0 bridgehead atoms. The number of allylic oxidation sites excluding steroid dienone is 2. The Labute approximate surface area is 101 Å². The van der Waals surface area contributed by atoms with Gasteiger partial charge < -0.3 is 0 Å². The van der Waals surface area contributed by atoms with Crippen LogP contribution in [0.25, 0.3) is 0 Å². The molecule has 0 amide bonds. The molecule has 1 aliphatic carbocycles. The smallest absolute Gasteiger partial charge is 0.205 e. The Morgan fingerprint density at radius 2 is 1.94 bits per heavy atom. The SMILES string of the molecule is CCCC1=CC(=O)c2nc(C)cc(C)c2C1=O. The summed E-state index contributed by atoms with van der Waals surface area (Å²) in [4.78, 5) is 28.3. The van der Waals surface area contributed by atoms with Crippen LogP contribution in [0.5, 0.6) is 0 Å². The summed E-state index contributed by atoms with van der Waals surface area (Å²) in [6.45, 7) is 5.68. The summed E-state index contributed by atoms with van der Waals surface area (Å²) in [5.74, 6) is -0.179. The minimum atomic E-state index is -0.144. The second kappa shape index (κ2) is 4.24. The number of aromatic nitrogens is 1. The molecule has 1 aromatic heterocycles. The van der Waals surface area contributed by atoms with Crippen molar-refractivity contribution in [2.75, 3.05) is 0 Å². The van der Waals surface area contributed by atoms with Gasteiger partial charge in [0.2, 0.25) is 5.78 Å². The van der Waals surface area contributed by atoms with E-state index in [4.69, 9.17) is 0 Å². The summed E-state index contributed by atoms with van der Waals surface area (Å²) < 4.78 is 0. The van der Waals surface area contributed by atoms with Gasteiger partial charge in [0.15, 0.2) is 5.78 Å². The number of hydrogen-bond donors (Lipinski definition) is 0. The molecular formula is C14H15NO2. The average molecular weight is 229 g/mol. The molecule has 0 atom stereocenters. The number of ketones is 2. The van der Waals surface area contributed by atoms with Gasteiger partial charge in [-0.3, -0.25) is 9.59 Å². The molecule has 0 unspecified atom stereocenters. The van der Waals surface area contributed by atoms with Gasteiger partial charge >= 0.3 is 0 Å². The van der Waals surface area contributed by atoms with E-state index in [2.05, 4.69) is 4.98 Å². The summed E-state index contributed by atoms with van der Waals surface area (Å²) in [5.41, 5.74) is 3.03. The van der Waals surface area contributed by atoms with Crippen molar-refractivity contribution in [3.8, 4) is 0 Å². The Kier molecular flexibility index (Phi) is 2.92. The lowest BCUT2D eigenvalue weighted by molar-refractivity contribution is 0.0977. The van der Waals surface area contributed by atoms with Gasteiger partial charge in [-0.1, -0.05) is 13.3 Å². The molecule has 3 nitrogen and oxygen atoms in total. The van der Waals surface area contributed by atoms with Gasteiger partial charge in [0, 0.05) is 11.3 Å². The molecule has 0 radical (unpaired) electrons. The third-order valence-corrected chi connectivity index (χ3v) is 2.92. The van der Waals surface area contributed by atoms with E-state index in [-0.39, 0.29) is 11.6 Å². The van der Waals surface area contributed by atoms with Crippen LogP contribution in [0, 0.1) is 13.8 Å². The van der Waals surface area contributed by atoms with Crippen molar-refractivity contribution in [3.63, 3.8) is 0 Å². The minimum Gasteiger partial charge on any atom is -0.289 e. The van der Waals surface area contributed by atoms with Gasteiger partial charge in [0.25, 0.3) is 0 Å². The molecule has 88 valence electrons. The zero-order chi connectivity index (χ0) is 12.6. The standard InChI is InChI=1S/C14H15NO2/c1-4-5-10-7-11(16)13-12(14(10)17)8(2)6-9(3)15-13/h6-7H,4-5H2,1-3H3. The van der Waals surface area contributed by atoms with E-state index in [1.54, 1.807) is 0 Å². The first-order valence-electron chi connectivity index (χ1n) is 5.82. The fraction of sp³-hybridized carbons (Fsp3) is 0.357. The van der Waals surface area contributed by atoms with Crippen molar-refractivity contribution in [2.24, 2.45) is 0 Å². The normalized spacial score (nSPS) is 14.6. The number of carbonyl (C=O) groups excluding carboxylic acids is 2. The van der Waals surface area contributed by atoms with Crippen LogP contribution in [0.15, 0.2) is 17.7 Å². The number of rotatable bonds is 2. The zero-order valence-electron chi connectivity index (χ0n) is 10.3. The lowest BCUT2D eigenvalue weighted by Gasteiger charge is -2.16. The van der Waals surface area contributed by atoms with Crippen LogP contribution in [0.2, 0.25) is 0 Å². The maximum Gasteiger partial charge on any atom is 0.205 e. The molecule has 1 aliphatic rings. The Morgan fingerprint density at radius 1 is 1.24 bits per heavy atom. The first-order valence-corrected chi connectivity index (χ1v) is 5.82. The van der Waals surface area contributed by atoms with Crippen LogP contribution < -0.4 is 0 Å². The first-order chi connectivity index (χ1) is 8.04. The quantitative estimate of drug-likeness (QED) is 0.783. The lowest BCUT2D eigenvalue weighted by Crippen LogP contribution is -2.20. The molecule has 2 rings (SSSR count). The van der Waals surface area contributed by atoms with Gasteiger partial charge in [-0.05, 0) is 38.0 Å². The fourth-order valence-electron chi connectivity index (χ4n) is 2.21. The first kappa shape index (κ1) is 11.7. The van der Waals surface area contributed by atoms with Gasteiger partial charge in [-0.25, -0.2) is 4.98 Å². The monoisotopic (exact) mass is 229 g/mol. The van der Waals surface area contributed by atoms with E-state index in [0.717, 1.165) is 17.7 Å². The Morgan fingerprint density at radius 3 is 2.59 bits per heavy atom. The van der Waals surface area contributed by atoms with Crippen LogP contribution >= 0.6 is 0 Å². The summed E-state index contributed by atoms with van der Waals surface area (Å²) >= 11 is 0. The molecular weight excluding hydrogens is 214 g/mol. The molecule has 0 spiro atoms. The number of pyridine rings is 1. The Balaban J connectivity index is 2.60. The van der Waals surface area contributed by atoms with Crippen LogP contribution in [0.4, 0.5) is 0 Å². The number of fused-ring (bicyclic) bond motifs is 1. The third kappa shape index (κ3) is 1.93. The molecule has 17 heavy (non-hydrogen) atoms. The minimum absolute atomic E-state index is 0.0357. The maximum atomic E-state index is 12.2. The third-order valence-electron chi connectivity index (χ3n) is 2.92. The molecule has 0 N–H and O–H groups in total. The molecule has 3 heteroatoms. The van der Waals surface area contributed by atoms with E-state index in [1.165, 1.54) is 6.08 Å². The Bertz CT molecular complexity index is 541. The topological polar surface area (TPSA) is 47.0 Å². The number of aryl methyl sites for hydroxylation is 2. The molecule has 0 saturated heterocycles. The number of hydrogen-bond acceptors (Lipinski definition) is 3. The molecule has 0 fully saturated rings. The van der Waals surface area contributed by atoms with E-state index in [1.807, 2.05) is 26.8 Å². The van der Waals surface area contributed by atoms with Crippen LogP contribution in [0.3, 0.4) is 0 Å². The number of Topliss-reactive ketones (excluding diaryl/α,β-unsaturated/α-hetero) is 1. The van der Waals surface area contributed by atoms with Crippen molar-refractivity contribution >= 4 is 11.6 Å². The van der Waals surface area contributed by atoms with Gasteiger partial charge in [-0.2, -0.15) is 0 Å². The van der Waals surface area contributed by atoms with E-state index in [9.17, 15) is 9.59 Å². The van der Waals surface area contributed by atoms with E-state index in [0.29, 0.717) is 23.3 Å². The highest BCUT2D eigenvalue weighted by molar-refractivity contribution is 6.24. The van der Waals surface area contributed by atoms with Crippen molar-refractivity contribution in [2.45, 2.75) is 33.6 Å². The number of nitrogens with zero attached hydrogens (tertiary/aromatic N) is 1. The van der Waals surface area contributed by atoms with Crippen molar-refractivity contribution < 1.29 is 9.59 Å². The van der Waals surface area contributed by atoms with Crippen molar-refractivity contribution in [3.05, 3.63) is 40.2 Å². The Hall–Kier alpha value is -1.77. The van der Waals surface area contributed by atoms with Crippen LogP contribution in [0.1, 0.15) is 51.9 Å². The van der Waals surface area contributed by atoms with E-state index >= 15 is 0 Å². The largest absolute Gasteiger partial charge is 0.289 e. The van der Waals surface area contributed by atoms with E-state index < -0.39 is 0 Å². The summed E-state index contributed by atoms with van der Waals surface area (Å²) in [5, 5.41) is 0. The maximum absolute atomic E-state index is 12.2. The lowest BCUT2D eigenvalue weighted by atomic mass is 9.88. The van der Waals surface area contributed by atoms with Crippen LogP contribution in [-0.2, 0) is 0 Å². The molecule has 0 aromatic carbocycles. The van der Waals surface area contributed by atoms with Crippen molar-refractivity contribution in [1.82, 2.24) is 4.98 Å². The molecule has 1 heterocycles. The van der Waals surface area contributed by atoms with Crippen LogP contribution in [-0.4, -0.2) is 16.6 Å². The summed E-state index contributed by atoms with van der Waals surface area (Å²) in [6.07, 6.45) is 2.95. The predicted molar refractivity (Wildman–Crippen MR) is 65.4 cm³/mol. The average Bonchev–Trinajstić information content (AvgIpc) is 2.25. The summed E-state index contributed by atoms with van der Waals surface area (Å²) in [6, 6.07) is 1.85. The second-order valence-electron chi connectivity index (χ2n) is 4.42. The summed E-state index contributed by atoms with van der Waals surface area (Å²) in [7, 11) is 0. The highest BCUT2D eigenvalue weighted by atomic mass is 16.1. The zero-order valence-corrected chi connectivity index (χ0v) is 10.3. The fourth-order valence-corrected chi connectivity index (χ4v) is 2.21. The van der Waals surface area contributed by atoms with Gasteiger partial charge in [-0.15, -0.1) is 0 Å². The van der Waals surface area contributed by atoms with Gasteiger partial charge in [0.05, 0.1) is 5.56 Å². The predicted octanol–water partition coefficient (Wildman–Crippen LogP) is 2.80. The number of carbonyl (C=O) groups is 2. The molecule has 1 aromatic rings. The molecule has 0 saturated carbocycles.